The van der Waals surface area contributed by atoms with Crippen molar-refractivity contribution in [3.8, 4) is 0 Å². The van der Waals surface area contributed by atoms with Crippen molar-refractivity contribution >= 4 is 11.9 Å². The zero-order valence-corrected chi connectivity index (χ0v) is 10.3. The van der Waals surface area contributed by atoms with Crippen LogP contribution < -0.4 is 5.32 Å². The third kappa shape index (κ3) is 2.34. The minimum absolute atomic E-state index is 0.0791. The number of carbonyl (C=O) groups excluding carboxylic acids is 1. The van der Waals surface area contributed by atoms with Crippen molar-refractivity contribution in [2.45, 2.75) is 38.1 Å². The highest BCUT2D eigenvalue weighted by atomic mass is 16.4. The molecular formula is C13H16N2O3. The SMILES string of the molecule is CCC1(NC(=O)c2ccc(C(=O)O)cn2)CCC1. The van der Waals surface area contributed by atoms with Gasteiger partial charge in [-0.2, -0.15) is 0 Å². The van der Waals surface area contributed by atoms with Crippen molar-refractivity contribution in [1.82, 2.24) is 10.3 Å². The van der Waals surface area contributed by atoms with E-state index in [-0.39, 0.29) is 22.7 Å². The first-order chi connectivity index (χ1) is 8.56. The summed E-state index contributed by atoms with van der Waals surface area (Å²) in [6.45, 7) is 2.06. The average molecular weight is 248 g/mol. The number of pyridine rings is 1. The smallest absolute Gasteiger partial charge is 0.337 e. The fraction of sp³-hybridized carbons (Fsp3) is 0.462. The first-order valence-corrected chi connectivity index (χ1v) is 6.08. The van der Waals surface area contributed by atoms with Crippen molar-refractivity contribution in [3.63, 3.8) is 0 Å². The average Bonchev–Trinajstić information content (AvgIpc) is 2.33. The summed E-state index contributed by atoms with van der Waals surface area (Å²) < 4.78 is 0. The Balaban J connectivity index is 2.07. The molecule has 5 heteroatoms. The van der Waals surface area contributed by atoms with Crippen molar-refractivity contribution in [2.24, 2.45) is 0 Å². The molecule has 1 fully saturated rings. The molecular weight excluding hydrogens is 232 g/mol. The van der Waals surface area contributed by atoms with Crippen LogP contribution in [0, 0.1) is 0 Å². The van der Waals surface area contributed by atoms with Crippen LogP contribution in [0.4, 0.5) is 0 Å². The summed E-state index contributed by atoms with van der Waals surface area (Å²) in [6.07, 6.45) is 5.26. The van der Waals surface area contributed by atoms with Crippen LogP contribution in [0.5, 0.6) is 0 Å². The van der Waals surface area contributed by atoms with Gasteiger partial charge in [0.25, 0.3) is 5.91 Å². The van der Waals surface area contributed by atoms with Gasteiger partial charge in [-0.05, 0) is 37.8 Å². The number of amides is 1. The molecule has 1 aromatic rings. The second kappa shape index (κ2) is 4.76. The molecule has 0 atom stereocenters. The molecule has 0 unspecified atom stereocenters. The lowest BCUT2D eigenvalue weighted by atomic mass is 9.75. The van der Waals surface area contributed by atoms with Crippen LogP contribution in [0.1, 0.15) is 53.5 Å². The molecule has 1 heterocycles. The van der Waals surface area contributed by atoms with Crippen molar-refractivity contribution in [1.29, 1.82) is 0 Å². The largest absolute Gasteiger partial charge is 0.478 e. The van der Waals surface area contributed by atoms with Gasteiger partial charge < -0.3 is 10.4 Å². The predicted molar refractivity (Wildman–Crippen MR) is 65.5 cm³/mol. The molecule has 1 aromatic heterocycles. The molecule has 0 radical (unpaired) electrons. The third-order valence-electron chi connectivity index (χ3n) is 3.61. The summed E-state index contributed by atoms with van der Waals surface area (Å²) >= 11 is 0. The first-order valence-electron chi connectivity index (χ1n) is 6.08. The van der Waals surface area contributed by atoms with Crippen LogP contribution in [0.2, 0.25) is 0 Å². The Morgan fingerprint density at radius 3 is 2.56 bits per heavy atom. The zero-order chi connectivity index (χ0) is 13.2. The Kier molecular flexibility index (Phi) is 3.32. The summed E-state index contributed by atoms with van der Waals surface area (Å²) in [5.74, 6) is -1.27. The molecule has 0 saturated heterocycles. The van der Waals surface area contributed by atoms with Gasteiger partial charge in [0.2, 0.25) is 0 Å². The predicted octanol–water partition coefficient (Wildman–Crippen LogP) is 1.84. The number of aromatic nitrogens is 1. The molecule has 0 aromatic carbocycles. The van der Waals surface area contributed by atoms with Gasteiger partial charge in [0.15, 0.2) is 0 Å². The lowest BCUT2D eigenvalue weighted by molar-refractivity contribution is 0.0694. The Morgan fingerprint density at radius 2 is 2.17 bits per heavy atom. The Hall–Kier alpha value is -1.91. The fourth-order valence-electron chi connectivity index (χ4n) is 2.13. The van der Waals surface area contributed by atoms with E-state index in [2.05, 4.69) is 17.2 Å². The minimum Gasteiger partial charge on any atom is -0.478 e. The van der Waals surface area contributed by atoms with Gasteiger partial charge in [-0.15, -0.1) is 0 Å². The molecule has 0 aliphatic heterocycles. The zero-order valence-electron chi connectivity index (χ0n) is 10.3. The number of hydrogen-bond donors (Lipinski definition) is 2. The topological polar surface area (TPSA) is 79.3 Å². The third-order valence-corrected chi connectivity index (χ3v) is 3.61. The molecule has 2 N–H and O–H groups in total. The van der Waals surface area contributed by atoms with Gasteiger partial charge in [0, 0.05) is 11.7 Å². The second-order valence-electron chi connectivity index (χ2n) is 4.68. The minimum atomic E-state index is -1.04. The van der Waals surface area contributed by atoms with Gasteiger partial charge >= 0.3 is 5.97 Å². The van der Waals surface area contributed by atoms with Crippen LogP contribution in [0.25, 0.3) is 0 Å². The van der Waals surface area contributed by atoms with E-state index in [9.17, 15) is 9.59 Å². The lowest BCUT2D eigenvalue weighted by Gasteiger charge is -2.41. The number of nitrogens with one attached hydrogen (secondary N) is 1. The van der Waals surface area contributed by atoms with E-state index in [1.807, 2.05) is 0 Å². The molecule has 5 nitrogen and oxygen atoms in total. The highest BCUT2D eigenvalue weighted by molar-refractivity contribution is 5.94. The number of carbonyl (C=O) groups is 2. The van der Waals surface area contributed by atoms with Crippen LogP contribution in [0.15, 0.2) is 18.3 Å². The number of carboxylic acid groups (broad SMARTS) is 1. The standard InChI is InChI=1S/C13H16N2O3/c1-2-13(6-3-7-13)15-11(16)10-5-4-9(8-14-10)12(17)18/h4-5,8H,2-3,6-7H2,1H3,(H,15,16)(H,17,18). The number of hydrogen-bond acceptors (Lipinski definition) is 3. The van der Waals surface area contributed by atoms with Gasteiger partial charge in [-0.3, -0.25) is 9.78 Å². The summed E-state index contributed by atoms with van der Waals surface area (Å²) in [5, 5.41) is 11.7. The Labute approximate surface area is 105 Å². The van der Waals surface area contributed by atoms with E-state index in [0.29, 0.717) is 0 Å². The molecule has 0 bridgehead atoms. The van der Waals surface area contributed by atoms with E-state index in [0.717, 1.165) is 25.7 Å². The second-order valence-corrected chi connectivity index (χ2v) is 4.68. The summed E-state index contributed by atoms with van der Waals surface area (Å²) in [6, 6.07) is 2.84. The van der Waals surface area contributed by atoms with E-state index in [1.54, 1.807) is 0 Å². The molecule has 1 aliphatic rings. The first kappa shape index (κ1) is 12.5. The molecule has 2 rings (SSSR count). The Bertz CT molecular complexity index is 458. The maximum atomic E-state index is 12.0. The maximum absolute atomic E-state index is 12.0. The van der Waals surface area contributed by atoms with Crippen molar-refractivity contribution in [2.75, 3.05) is 0 Å². The number of rotatable bonds is 4. The van der Waals surface area contributed by atoms with Gasteiger partial charge in [-0.25, -0.2) is 4.79 Å². The maximum Gasteiger partial charge on any atom is 0.337 e. The number of aromatic carboxylic acids is 1. The molecule has 1 aliphatic carbocycles. The van der Waals surface area contributed by atoms with Crippen LogP contribution in [0.3, 0.4) is 0 Å². The van der Waals surface area contributed by atoms with E-state index in [1.165, 1.54) is 18.3 Å². The van der Waals surface area contributed by atoms with Crippen molar-refractivity contribution < 1.29 is 14.7 Å². The molecule has 1 amide bonds. The van der Waals surface area contributed by atoms with Gasteiger partial charge in [0.1, 0.15) is 5.69 Å². The monoisotopic (exact) mass is 248 g/mol. The van der Waals surface area contributed by atoms with E-state index >= 15 is 0 Å². The van der Waals surface area contributed by atoms with Crippen LogP contribution >= 0.6 is 0 Å². The lowest BCUT2D eigenvalue weighted by Crippen LogP contribution is -2.53. The number of nitrogens with zero attached hydrogens (tertiary/aromatic N) is 1. The normalized spacial score (nSPS) is 16.7. The quantitative estimate of drug-likeness (QED) is 0.852. The molecule has 18 heavy (non-hydrogen) atoms. The highest BCUT2D eigenvalue weighted by Crippen LogP contribution is 2.34. The van der Waals surface area contributed by atoms with Crippen LogP contribution in [-0.2, 0) is 0 Å². The van der Waals surface area contributed by atoms with Gasteiger partial charge in [0.05, 0.1) is 5.56 Å². The fourth-order valence-corrected chi connectivity index (χ4v) is 2.13. The summed E-state index contributed by atoms with van der Waals surface area (Å²) in [5.41, 5.74) is 0.268. The van der Waals surface area contributed by atoms with Crippen molar-refractivity contribution in [3.05, 3.63) is 29.6 Å². The van der Waals surface area contributed by atoms with Crippen LogP contribution in [-0.4, -0.2) is 27.5 Å². The van der Waals surface area contributed by atoms with E-state index < -0.39 is 5.97 Å². The van der Waals surface area contributed by atoms with E-state index in [4.69, 9.17) is 5.11 Å². The number of carboxylic acids is 1. The molecule has 1 saturated carbocycles. The molecule has 0 spiro atoms. The van der Waals surface area contributed by atoms with Gasteiger partial charge in [-0.1, -0.05) is 6.92 Å². The molecule has 96 valence electrons. The summed E-state index contributed by atoms with van der Waals surface area (Å²) in [4.78, 5) is 26.5. The Morgan fingerprint density at radius 1 is 1.44 bits per heavy atom. The highest BCUT2D eigenvalue weighted by Gasteiger charge is 2.36. The summed E-state index contributed by atoms with van der Waals surface area (Å²) in [7, 11) is 0.